The molecule has 5 heteroatoms. The number of likely N-dealkylation sites (tertiary alicyclic amines) is 1. The van der Waals surface area contributed by atoms with E-state index in [4.69, 9.17) is 0 Å². The minimum absolute atomic E-state index is 0.0239. The number of nitrogens with zero attached hydrogens (tertiary/aromatic N) is 1. The summed E-state index contributed by atoms with van der Waals surface area (Å²) < 4.78 is 0. The number of hydrogen-bond acceptors (Lipinski definition) is 3. The van der Waals surface area contributed by atoms with Crippen molar-refractivity contribution in [3.63, 3.8) is 0 Å². The van der Waals surface area contributed by atoms with Crippen LogP contribution in [0.15, 0.2) is 24.3 Å². The molecule has 1 aromatic carbocycles. The average molecular weight is 357 g/mol. The SMILES string of the molecule is CC(=O)NC[C@H]1CC[C@@H](CC(=O)NCc2ccccc2C)N1CC1CC1. The lowest BCUT2D eigenvalue weighted by Gasteiger charge is -2.30. The van der Waals surface area contributed by atoms with Crippen LogP contribution >= 0.6 is 0 Å². The molecule has 142 valence electrons. The zero-order valence-electron chi connectivity index (χ0n) is 16.0. The molecule has 1 aromatic rings. The molecule has 2 amide bonds. The fraction of sp³-hybridized carbons (Fsp3) is 0.619. The molecule has 2 atom stereocenters. The van der Waals surface area contributed by atoms with Gasteiger partial charge in [-0.3, -0.25) is 14.5 Å². The third-order valence-electron chi connectivity index (χ3n) is 5.68. The Hall–Kier alpha value is -1.88. The van der Waals surface area contributed by atoms with E-state index >= 15 is 0 Å². The molecule has 0 unspecified atom stereocenters. The van der Waals surface area contributed by atoms with Crippen LogP contribution in [-0.4, -0.2) is 41.9 Å². The molecule has 0 aromatic heterocycles. The van der Waals surface area contributed by atoms with Crippen LogP contribution in [0.5, 0.6) is 0 Å². The van der Waals surface area contributed by atoms with E-state index in [0.717, 1.165) is 25.3 Å². The van der Waals surface area contributed by atoms with Gasteiger partial charge in [-0.05, 0) is 49.7 Å². The topological polar surface area (TPSA) is 61.4 Å². The monoisotopic (exact) mass is 357 g/mol. The maximum Gasteiger partial charge on any atom is 0.221 e. The quantitative estimate of drug-likeness (QED) is 0.751. The van der Waals surface area contributed by atoms with Gasteiger partial charge in [0.25, 0.3) is 0 Å². The van der Waals surface area contributed by atoms with Crippen LogP contribution in [0.4, 0.5) is 0 Å². The Labute approximate surface area is 156 Å². The number of nitrogens with one attached hydrogen (secondary N) is 2. The van der Waals surface area contributed by atoms with Gasteiger partial charge in [0.15, 0.2) is 0 Å². The van der Waals surface area contributed by atoms with Crippen molar-refractivity contribution in [3.8, 4) is 0 Å². The van der Waals surface area contributed by atoms with Crippen molar-refractivity contribution in [1.29, 1.82) is 0 Å². The highest BCUT2D eigenvalue weighted by atomic mass is 16.2. The molecule has 1 saturated carbocycles. The number of carbonyl (C=O) groups is 2. The first-order chi connectivity index (χ1) is 12.5. The van der Waals surface area contributed by atoms with Crippen molar-refractivity contribution in [1.82, 2.24) is 15.5 Å². The van der Waals surface area contributed by atoms with Gasteiger partial charge in [-0.2, -0.15) is 0 Å². The van der Waals surface area contributed by atoms with E-state index in [0.29, 0.717) is 31.6 Å². The normalized spacial score (nSPS) is 23.0. The van der Waals surface area contributed by atoms with Crippen LogP contribution in [0.25, 0.3) is 0 Å². The average Bonchev–Trinajstić information content (AvgIpc) is 3.35. The molecule has 1 heterocycles. The van der Waals surface area contributed by atoms with E-state index in [1.165, 1.54) is 24.0 Å². The Balaban J connectivity index is 1.52. The number of amides is 2. The molecular weight excluding hydrogens is 326 g/mol. The van der Waals surface area contributed by atoms with Crippen molar-refractivity contribution in [2.75, 3.05) is 13.1 Å². The predicted octanol–water partition coefficient (Wildman–Crippen LogP) is 2.38. The molecule has 5 nitrogen and oxygen atoms in total. The smallest absolute Gasteiger partial charge is 0.221 e. The Morgan fingerprint density at radius 1 is 1.08 bits per heavy atom. The molecule has 0 spiro atoms. The van der Waals surface area contributed by atoms with Crippen LogP contribution in [0.1, 0.15) is 50.2 Å². The highest BCUT2D eigenvalue weighted by Crippen LogP contribution is 2.35. The molecule has 2 aliphatic rings. The maximum atomic E-state index is 12.5. The van der Waals surface area contributed by atoms with Gasteiger partial charge >= 0.3 is 0 Å². The minimum Gasteiger partial charge on any atom is -0.355 e. The van der Waals surface area contributed by atoms with Crippen molar-refractivity contribution in [2.45, 2.75) is 64.6 Å². The van der Waals surface area contributed by atoms with Crippen LogP contribution < -0.4 is 10.6 Å². The second-order valence-corrected chi connectivity index (χ2v) is 7.87. The largest absolute Gasteiger partial charge is 0.355 e. The Bertz CT molecular complexity index is 642. The predicted molar refractivity (Wildman–Crippen MR) is 103 cm³/mol. The van der Waals surface area contributed by atoms with Crippen LogP contribution in [0.2, 0.25) is 0 Å². The van der Waals surface area contributed by atoms with Crippen molar-refractivity contribution in [3.05, 3.63) is 35.4 Å². The number of hydrogen-bond donors (Lipinski definition) is 2. The van der Waals surface area contributed by atoms with Crippen molar-refractivity contribution >= 4 is 11.8 Å². The van der Waals surface area contributed by atoms with Gasteiger partial charge in [0, 0.05) is 45.1 Å². The molecular formula is C21H31N3O2. The Morgan fingerprint density at radius 3 is 2.50 bits per heavy atom. The number of benzene rings is 1. The van der Waals surface area contributed by atoms with Crippen molar-refractivity contribution < 1.29 is 9.59 Å². The summed E-state index contributed by atoms with van der Waals surface area (Å²) in [5.74, 6) is 0.931. The molecule has 3 rings (SSSR count). The van der Waals surface area contributed by atoms with Gasteiger partial charge < -0.3 is 10.6 Å². The van der Waals surface area contributed by atoms with Gasteiger partial charge in [-0.25, -0.2) is 0 Å². The summed E-state index contributed by atoms with van der Waals surface area (Å²) in [5, 5.41) is 6.04. The third kappa shape index (κ3) is 5.31. The van der Waals surface area contributed by atoms with Gasteiger partial charge in [0.2, 0.25) is 11.8 Å². The molecule has 0 radical (unpaired) electrons. The summed E-state index contributed by atoms with van der Waals surface area (Å²) >= 11 is 0. The fourth-order valence-corrected chi connectivity index (χ4v) is 3.90. The van der Waals surface area contributed by atoms with E-state index in [1.54, 1.807) is 6.92 Å². The highest BCUT2D eigenvalue weighted by molar-refractivity contribution is 5.76. The first-order valence-electron chi connectivity index (χ1n) is 9.84. The second kappa shape index (κ2) is 8.67. The summed E-state index contributed by atoms with van der Waals surface area (Å²) in [7, 11) is 0. The van der Waals surface area contributed by atoms with Crippen molar-refractivity contribution in [2.24, 2.45) is 5.92 Å². The Kier molecular flexibility index (Phi) is 6.30. The molecule has 2 N–H and O–H groups in total. The molecule has 1 saturated heterocycles. The van der Waals surface area contributed by atoms with Gasteiger partial charge in [0.05, 0.1) is 0 Å². The summed E-state index contributed by atoms with van der Waals surface area (Å²) in [6.45, 7) is 6.00. The van der Waals surface area contributed by atoms with E-state index < -0.39 is 0 Å². The molecule has 26 heavy (non-hydrogen) atoms. The van der Waals surface area contributed by atoms with Crippen LogP contribution in [0.3, 0.4) is 0 Å². The Morgan fingerprint density at radius 2 is 1.81 bits per heavy atom. The summed E-state index contributed by atoms with van der Waals surface area (Å²) in [6.07, 6.45) is 5.25. The molecule has 1 aliphatic heterocycles. The molecule has 2 fully saturated rings. The lowest BCUT2D eigenvalue weighted by molar-refractivity contribution is -0.122. The fourth-order valence-electron chi connectivity index (χ4n) is 3.90. The zero-order chi connectivity index (χ0) is 18.5. The molecule has 1 aliphatic carbocycles. The number of carbonyl (C=O) groups excluding carboxylic acids is 2. The maximum absolute atomic E-state index is 12.5. The van der Waals surface area contributed by atoms with Crippen LogP contribution in [0, 0.1) is 12.8 Å². The number of aryl methyl sites for hydroxylation is 1. The van der Waals surface area contributed by atoms with Crippen LogP contribution in [-0.2, 0) is 16.1 Å². The summed E-state index contributed by atoms with van der Waals surface area (Å²) in [4.78, 5) is 26.2. The highest BCUT2D eigenvalue weighted by Gasteiger charge is 2.37. The zero-order valence-corrected chi connectivity index (χ0v) is 16.0. The van der Waals surface area contributed by atoms with Gasteiger partial charge in [-0.15, -0.1) is 0 Å². The molecule has 0 bridgehead atoms. The van der Waals surface area contributed by atoms with Gasteiger partial charge in [-0.1, -0.05) is 24.3 Å². The first-order valence-corrected chi connectivity index (χ1v) is 9.84. The van der Waals surface area contributed by atoms with E-state index in [2.05, 4.69) is 34.6 Å². The number of rotatable bonds is 8. The van der Waals surface area contributed by atoms with E-state index in [-0.39, 0.29) is 11.8 Å². The second-order valence-electron chi connectivity index (χ2n) is 7.87. The minimum atomic E-state index is 0.0239. The summed E-state index contributed by atoms with van der Waals surface area (Å²) in [5.41, 5.74) is 2.38. The van der Waals surface area contributed by atoms with Gasteiger partial charge in [0.1, 0.15) is 0 Å². The summed E-state index contributed by atoms with van der Waals surface area (Å²) in [6, 6.07) is 8.83. The lowest BCUT2D eigenvalue weighted by Crippen LogP contribution is -2.45. The lowest BCUT2D eigenvalue weighted by atomic mass is 10.1. The third-order valence-corrected chi connectivity index (χ3v) is 5.68. The van der Waals surface area contributed by atoms with E-state index in [9.17, 15) is 9.59 Å². The van der Waals surface area contributed by atoms with E-state index in [1.807, 2.05) is 12.1 Å². The first kappa shape index (κ1) is 18.9. The standard InChI is InChI=1S/C21H31N3O2/c1-15-5-3-4-6-18(15)12-23-21(26)11-19-9-10-20(13-22-16(2)25)24(19)14-17-7-8-17/h3-6,17,19-20H,7-14H2,1-2H3,(H,22,25)(H,23,26)/t19-,20+/m0/s1.